The van der Waals surface area contributed by atoms with E-state index in [0.29, 0.717) is 24.7 Å². The molecular formula is C19H17F2NO3. The average molecular weight is 345 g/mol. The molecule has 1 atom stereocenters. The van der Waals surface area contributed by atoms with Crippen LogP contribution in [-0.2, 0) is 4.79 Å². The van der Waals surface area contributed by atoms with Crippen LogP contribution in [0.2, 0.25) is 0 Å². The zero-order chi connectivity index (χ0) is 17.8. The molecule has 6 heteroatoms. The molecule has 2 aromatic rings. The van der Waals surface area contributed by atoms with Crippen LogP contribution >= 0.6 is 0 Å². The standard InChI is InChI=1S/C19H17F2NO3/c1-12(14-3-6-17-18(10-14)25-9-8-24-17)22-19(23)7-4-13-2-5-15(20)11-16(13)21/h2-7,10-12H,8-9H2,1H3,(H,22,23). The van der Waals surface area contributed by atoms with Crippen LogP contribution in [0.5, 0.6) is 11.5 Å². The molecule has 0 aromatic heterocycles. The van der Waals surface area contributed by atoms with E-state index in [1.54, 1.807) is 6.07 Å². The van der Waals surface area contributed by atoms with Crippen LogP contribution in [0.3, 0.4) is 0 Å². The monoisotopic (exact) mass is 345 g/mol. The second-order valence-corrected chi connectivity index (χ2v) is 5.63. The third-order valence-corrected chi connectivity index (χ3v) is 3.80. The van der Waals surface area contributed by atoms with Gasteiger partial charge in [0.25, 0.3) is 0 Å². The first-order valence-corrected chi connectivity index (χ1v) is 7.86. The maximum Gasteiger partial charge on any atom is 0.244 e. The highest BCUT2D eigenvalue weighted by atomic mass is 19.1. The van der Waals surface area contributed by atoms with Gasteiger partial charge in [0.1, 0.15) is 24.8 Å². The lowest BCUT2D eigenvalue weighted by molar-refractivity contribution is -0.117. The van der Waals surface area contributed by atoms with Crippen molar-refractivity contribution >= 4 is 12.0 Å². The lowest BCUT2D eigenvalue weighted by atomic mass is 10.1. The fraction of sp³-hybridized carbons (Fsp3) is 0.211. The third-order valence-electron chi connectivity index (χ3n) is 3.80. The lowest BCUT2D eigenvalue weighted by Crippen LogP contribution is -2.25. The Balaban J connectivity index is 1.65. The first kappa shape index (κ1) is 17.0. The van der Waals surface area contributed by atoms with E-state index in [0.717, 1.165) is 17.7 Å². The molecule has 0 bridgehead atoms. The topological polar surface area (TPSA) is 47.6 Å². The van der Waals surface area contributed by atoms with E-state index in [-0.39, 0.29) is 17.5 Å². The molecular weight excluding hydrogens is 328 g/mol. The molecule has 1 heterocycles. The highest BCUT2D eigenvalue weighted by Crippen LogP contribution is 2.32. The predicted octanol–water partition coefficient (Wildman–Crippen LogP) is 3.63. The highest BCUT2D eigenvalue weighted by Gasteiger charge is 2.15. The SMILES string of the molecule is CC(NC(=O)C=Cc1ccc(F)cc1F)c1ccc2c(c1)OCCO2. The number of ether oxygens (including phenoxy) is 2. The largest absolute Gasteiger partial charge is 0.486 e. The van der Waals surface area contributed by atoms with E-state index in [4.69, 9.17) is 9.47 Å². The van der Waals surface area contributed by atoms with Crippen molar-refractivity contribution in [3.05, 3.63) is 65.2 Å². The number of fused-ring (bicyclic) bond motifs is 1. The van der Waals surface area contributed by atoms with Gasteiger partial charge in [-0.05, 0) is 42.8 Å². The Labute approximate surface area is 144 Å². The van der Waals surface area contributed by atoms with Crippen molar-refractivity contribution in [2.75, 3.05) is 13.2 Å². The Hall–Kier alpha value is -2.89. The van der Waals surface area contributed by atoms with E-state index < -0.39 is 11.6 Å². The number of hydrogen-bond acceptors (Lipinski definition) is 3. The molecule has 0 fully saturated rings. The van der Waals surface area contributed by atoms with Crippen molar-refractivity contribution in [1.29, 1.82) is 0 Å². The smallest absolute Gasteiger partial charge is 0.244 e. The number of halogens is 2. The summed E-state index contributed by atoms with van der Waals surface area (Å²) in [5.41, 5.74) is 1.00. The second kappa shape index (κ2) is 7.34. The van der Waals surface area contributed by atoms with E-state index in [1.165, 1.54) is 18.2 Å². The molecule has 4 nitrogen and oxygen atoms in total. The third kappa shape index (κ3) is 4.15. The van der Waals surface area contributed by atoms with Crippen molar-refractivity contribution in [2.24, 2.45) is 0 Å². The fourth-order valence-electron chi connectivity index (χ4n) is 2.48. The summed E-state index contributed by atoms with van der Waals surface area (Å²) in [7, 11) is 0. The normalized spacial score (nSPS) is 14.4. The lowest BCUT2D eigenvalue weighted by Gasteiger charge is -2.20. The fourth-order valence-corrected chi connectivity index (χ4v) is 2.48. The van der Waals surface area contributed by atoms with Gasteiger partial charge in [-0.25, -0.2) is 8.78 Å². The van der Waals surface area contributed by atoms with Gasteiger partial charge in [0, 0.05) is 17.7 Å². The Morgan fingerprint density at radius 3 is 2.64 bits per heavy atom. The molecule has 1 amide bonds. The molecule has 1 unspecified atom stereocenters. The van der Waals surface area contributed by atoms with Crippen LogP contribution in [0, 0.1) is 11.6 Å². The van der Waals surface area contributed by atoms with E-state index in [2.05, 4.69) is 5.32 Å². The number of carbonyl (C=O) groups is 1. The van der Waals surface area contributed by atoms with Crippen LogP contribution in [-0.4, -0.2) is 19.1 Å². The van der Waals surface area contributed by atoms with Crippen molar-refractivity contribution in [3.63, 3.8) is 0 Å². The van der Waals surface area contributed by atoms with Gasteiger partial charge in [-0.1, -0.05) is 6.07 Å². The maximum atomic E-state index is 13.5. The summed E-state index contributed by atoms with van der Waals surface area (Å²) in [5, 5.41) is 2.79. The number of amides is 1. The average Bonchev–Trinajstić information content (AvgIpc) is 2.60. The Kier molecular flexibility index (Phi) is 4.97. The minimum Gasteiger partial charge on any atom is -0.486 e. The second-order valence-electron chi connectivity index (χ2n) is 5.63. The highest BCUT2D eigenvalue weighted by molar-refractivity contribution is 5.92. The van der Waals surface area contributed by atoms with Gasteiger partial charge in [-0.15, -0.1) is 0 Å². The summed E-state index contributed by atoms with van der Waals surface area (Å²) >= 11 is 0. The number of nitrogens with one attached hydrogen (secondary N) is 1. The molecule has 0 aliphatic carbocycles. The Bertz CT molecular complexity index is 820. The molecule has 25 heavy (non-hydrogen) atoms. The van der Waals surface area contributed by atoms with Crippen LogP contribution in [0.4, 0.5) is 8.78 Å². The van der Waals surface area contributed by atoms with Crippen molar-refractivity contribution in [2.45, 2.75) is 13.0 Å². The van der Waals surface area contributed by atoms with Gasteiger partial charge in [-0.3, -0.25) is 4.79 Å². The van der Waals surface area contributed by atoms with Crippen LogP contribution in [0.1, 0.15) is 24.1 Å². The maximum absolute atomic E-state index is 13.5. The summed E-state index contributed by atoms with van der Waals surface area (Å²) < 4.78 is 37.4. The van der Waals surface area contributed by atoms with Crippen molar-refractivity contribution < 1.29 is 23.0 Å². The van der Waals surface area contributed by atoms with E-state index in [1.807, 2.05) is 19.1 Å². The van der Waals surface area contributed by atoms with Gasteiger partial charge >= 0.3 is 0 Å². The molecule has 1 aliphatic heterocycles. The Morgan fingerprint density at radius 1 is 1.12 bits per heavy atom. The van der Waals surface area contributed by atoms with Gasteiger partial charge in [0.2, 0.25) is 5.91 Å². The quantitative estimate of drug-likeness (QED) is 0.861. The zero-order valence-electron chi connectivity index (χ0n) is 13.6. The molecule has 1 aliphatic rings. The van der Waals surface area contributed by atoms with Gasteiger partial charge in [0.15, 0.2) is 11.5 Å². The molecule has 0 saturated heterocycles. The van der Waals surface area contributed by atoms with Gasteiger partial charge < -0.3 is 14.8 Å². The van der Waals surface area contributed by atoms with Crippen LogP contribution < -0.4 is 14.8 Å². The number of carbonyl (C=O) groups excluding carboxylic acids is 1. The van der Waals surface area contributed by atoms with E-state index in [9.17, 15) is 13.6 Å². The summed E-state index contributed by atoms with van der Waals surface area (Å²) in [6.45, 7) is 2.84. The predicted molar refractivity (Wildman–Crippen MR) is 89.4 cm³/mol. The van der Waals surface area contributed by atoms with Crippen LogP contribution in [0.15, 0.2) is 42.5 Å². The van der Waals surface area contributed by atoms with Gasteiger partial charge in [-0.2, -0.15) is 0 Å². The molecule has 2 aromatic carbocycles. The summed E-state index contributed by atoms with van der Waals surface area (Å²) in [4.78, 5) is 12.0. The molecule has 0 radical (unpaired) electrons. The minimum atomic E-state index is -0.719. The molecule has 3 rings (SSSR count). The minimum absolute atomic E-state index is 0.142. The summed E-state index contributed by atoms with van der Waals surface area (Å²) in [6.07, 6.45) is 2.52. The van der Waals surface area contributed by atoms with Crippen molar-refractivity contribution in [3.8, 4) is 11.5 Å². The van der Waals surface area contributed by atoms with Gasteiger partial charge in [0.05, 0.1) is 6.04 Å². The number of benzene rings is 2. The first-order valence-electron chi connectivity index (χ1n) is 7.86. The first-order chi connectivity index (χ1) is 12.0. The van der Waals surface area contributed by atoms with E-state index >= 15 is 0 Å². The van der Waals surface area contributed by atoms with Crippen LogP contribution in [0.25, 0.3) is 6.08 Å². The Morgan fingerprint density at radius 2 is 1.88 bits per heavy atom. The molecule has 0 spiro atoms. The summed E-state index contributed by atoms with van der Waals surface area (Å²) in [5.74, 6) is -0.435. The number of rotatable bonds is 4. The summed E-state index contributed by atoms with van der Waals surface area (Å²) in [6, 6.07) is 8.39. The van der Waals surface area contributed by atoms with Crippen molar-refractivity contribution in [1.82, 2.24) is 5.32 Å². The molecule has 130 valence electrons. The zero-order valence-corrected chi connectivity index (χ0v) is 13.6. The number of hydrogen-bond donors (Lipinski definition) is 1. The molecule has 1 N–H and O–H groups in total. The molecule has 0 saturated carbocycles.